The lowest BCUT2D eigenvalue weighted by Gasteiger charge is -2.22. The first kappa shape index (κ1) is 11.5. The van der Waals surface area contributed by atoms with Crippen LogP contribution in [0.4, 0.5) is 5.69 Å². The van der Waals surface area contributed by atoms with Gasteiger partial charge in [-0.1, -0.05) is 32.0 Å². The number of hydrogen-bond acceptors (Lipinski definition) is 2. The molecule has 0 amide bonds. The summed E-state index contributed by atoms with van der Waals surface area (Å²) in [7, 11) is 0. The molecule has 0 spiro atoms. The van der Waals surface area contributed by atoms with Gasteiger partial charge in [0.05, 0.1) is 0 Å². The molecule has 1 N–H and O–H groups in total. The third-order valence-electron chi connectivity index (χ3n) is 3.22. The fourth-order valence-electron chi connectivity index (χ4n) is 2.60. The third kappa shape index (κ3) is 2.22. The van der Waals surface area contributed by atoms with E-state index in [0.717, 1.165) is 19.5 Å². The van der Waals surface area contributed by atoms with Gasteiger partial charge in [0.1, 0.15) is 0 Å². The summed E-state index contributed by atoms with van der Waals surface area (Å²) in [5, 5.41) is 9.10. The Morgan fingerprint density at radius 2 is 2.12 bits per heavy atom. The number of aliphatic hydroxyl groups is 1. The molecule has 1 atom stereocenters. The third-order valence-corrected chi connectivity index (χ3v) is 3.22. The molecule has 16 heavy (non-hydrogen) atoms. The van der Waals surface area contributed by atoms with Crippen molar-refractivity contribution in [3.8, 4) is 0 Å². The molecule has 0 aliphatic carbocycles. The number of nitrogens with zero attached hydrogens (tertiary/aromatic N) is 1. The summed E-state index contributed by atoms with van der Waals surface area (Å²) in [5.74, 6) is 1.20. The molecule has 0 bridgehead atoms. The summed E-state index contributed by atoms with van der Waals surface area (Å²) in [6, 6.07) is 8.61. The highest BCUT2D eigenvalue weighted by Gasteiger charge is 2.27. The van der Waals surface area contributed by atoms with Crippen LogP contribution in [0.3, 0.4) is 0 Å². The summed E-state index contributed by atoms with van der Waals surface area (Å²) in [4.78, 5) is 2.46. The first-order chi connectivity index (χ1) is 7.72. The topological polar surface area (TPSA) is 23.5 Å². The van der Waals surface area contributed by atoms with Gasteiger partial charge >= 0.3 is 0 Å². The molecule has 88 valence electrons. The summed E-state index contributed by atoms with van der Waals surface area (Å²) < 4.78 is 0. The molecule has 2 heteroatoms. The number of aliphatic hydroxyl groups excluding tert-OH is 1. The number of anilines is 1. The average Bonchev–Trinajstić information content (AvgIpc) is 2.58. The Morgan fingerprint density at radius 1 is 1.38 bits per heavy atom. The van der Waals surface area contributed by atoms with Crippen molar-refractivity contribution in [2.24, 2.45) is 5.92 Å². The Balaban J connectivity index is 2.21. The summed E-state index contributed by atoms with van der Waals surface area (Å²) in [6.07, 6.45) is 0.881. The number of fused-ring (bicyclic) bond motifs is 1. The van der Waals surface area contributed by atoms with Gasteiger partial charge in [-0.25, -0.2) is 0 Å². The van der Waals surface area contributed by atoms with Crippen molar-refractivity contribution in [2.45, 2.75) is 26.2 Å². The summed E-state index contributed by atoms with van der Waals surface area (Å²) in [5.41, 5.74) is 2.78. The van der Waals surface area contributed by atoms with E-state index in [2.05, 4.69) is 43.0 Å². The lowest BCUT2D eigenvalue weighted by Crippen LogP contribution is -2.26. The van der Waals surface area contributed by atoms with Gasteiger partial charge in [-0.2, -0.15) is 0 Å². The number of benzene rings is 1. The quantitative estimate of drug-likeness (QED) is 0.841. The molecule has 0 radical (unpaired) electrons. The second kappa shape index (κ2) is 4.88. The van der Waals surface area contributed by atoms with Crippen LogP contribution in [-0.2, 0) is 0 Å². The lowest BCUT2D eigenvalue weighted by molar-refractivity contribution is 0.277. The van der Waals surface area contributed by atoms with Crippen LogP contribution in [0, 0.1) is 5.92 Å². The smallest absolute Gasteiger partial charge is 0.0437 e. The Morgan fingerprint density at radius 3 is 2.81 bits per heavy atom. The van der Waals surface area contributed by atoms with Gasteiger partial charge in [0.15, 0.2) is 0 Å². The van der Waals surface area contributed by atoms with Crippen LogP contribution in [-0.4, -0.2) is 24.8 Å². The minimum Gasteiger partial charge on any atom is -0.396 e. The molecule has 1 aromatic carbocycles. The van der Waals surface area contributed by atoms with Gasteiger partial charge in [0.25, 0.3) is 0 Å². The van der Waals surface area contributed by atoms with Crippen LogP contribution in [0.5, 0.6) is 0 Å². The van der Waals surface area contributed by atoms with E-state index in [-0.39, 0.29) is 6.61 Å². The zero-order valence-corrected chi connectivity index (χ0v) is 10.2. The van der Waals surface area contributed by atoms with E-state index in [1.807, 2.05) is 0 Å². The van der Waals surface area contributed by atoms with Gasteiger partial charge < -0.3 is 10.0 Å². The van der Waals surface area contributed by atoms with Crippen molar-refractivity contribution < 1.29 is 5.11 Å². The maximum absolute atomic E-state index is 9.10. The van der Waals surface area contributed by atoms with E-state index < -0.39 is 0 Å². The van der Waals surface area contributed by atoms with Gasteiger partial charge in [0, 0.05) is 31.3 Å². The van der Waals surface area contributed by atoms with Gasteiger partial charge in [-0.05, 0) is 24.0 Å². The van der Waals surface area contributed by atoms with Crippen LogP contribution >= 0.6 is 0 Å². The molecule has 1 aliphatic heterocycles. The van der Waals surface area contributed by atoms with E-state index in [1.54, 1.807) is 0 Å². The molecule has 0 fully saturated rings. The van der Waals surface area contributed by atoms with E-state index in [1.165, 1.54) is 11.3 Å². The first-order valence-electron chi connectivity index (χ1n) is 6.17. The Kier molecular flexibility index (Phi) is 3.49. The minimum atomic E-state index is 0.286. The van der Waals surface area contributed by atoms with E-state index >= 15 is 0 Å². The normalized spacial score (nSPS) is 19.2. The zero-order valence-electron chi connectivity index (χ0n) is 10.2. The summed E-state index contributed by atoms with van der Waals surface area (Å²) in [6.45, 7) is 6.97. The maximum Gasteiger partial charge on any atom is 0.0437 e. The van der Waals surface area contributed by atoms with Crippen molar-refractivity contribution in [1.82, 2.24) is 0 Å². The maximum atomic E-state index is 9.10. The average molecular weight is 219 g/mol. The van der Waals surface area contributed by atoms with Gasteiger partial charge in [-0.3, -0.25) is 0 Å². The molecule has 1 aromatic rings. The van der Waals surface area contributed by atoms with Crippen molar-refractivity contribution >= 4 is 5.69 Å². The molecule has 1 unspecified atom stereocenters. The SMILES string of the molecule is CC(C)CN1CC(CCO)c2ccccc21. The Hall–Kier alpha value is -1.02. The van der Waals surface area contributed by atoms with Crippen LogP contribution in [0.2, 0.25) is 0 Å². The zero-order chi connectivity index (χ0) is 11.5. The highest BCUT2D eigenvalue weighted by Crippen LogP contribution is 2.37. The highest BCUT2D eigenvalue weighted by atomic mass is 16.3. The van der Waals surface area contributed by atoms with Crippen LogP contribution in [0.1, 0.15) is 31.7 Å². The largest absolute Gasteiger partial charge is 0.396 e. The molecule has 0 saturated carbocycles. The number of rotatable bonds is 4. The van der Waals surface area contributed by atoms with Crippen molar-refractivity contribution in [3.05, 3.63) is 29.8 Å². The lowest BCUT2D eigenvalue weighted by atomic mass is 9.99. The second-order valence-electron chi connectivity index (χ2n) is 5.07. The monoisotopic (exact) mass is 219 g/mol. The fraction of sp³-hybridized carbons (Fsp3) is 0.571. The van der Waals surface area contributed by atoms with Crippen molar-refractivity contribution in [1.29, 1.82) is 0 Å². The van der Waals surface area contributed by atoms with E-state index in [0.29, 0.717) is 11.8 Å². The molecule has 0 saturated heterocycles. The number of hydrogen-bond donors (Lipinski definition) is 1. The van der Waals surface area contributed by atoms with Crippen LogP contribution < -0.4 is 4.90 Å². The van der Waals surface area contributed by atoms with Crippen LogP contribution in [0.15, 0.2) is 24.3 Å². The standard InChI is InChI=1S/C14H21NO/c1-11(2)9-15-10-12(7-8-16)13-5-3-4-6-14(13)15/h3-6,11-12,16H,7-10H2,1-2H3. The first-order valence-corrected chi connectivity index (χ1v) is 6.17. The predicted molar refractivity (Wildman–Crippen MR) is 67.9 cm³/mol. The van der Waals surface area contributed by atoms with E-state index in [9.17, 15) is 0 Å². The summed E-state index contributed by atoms with van der Waals surface area (Å²) >= 11 is 0. The predicted octanol–water partition coefficient (Wildman–Crippen LogP) is 2.63. The minimum absolute atomic E-state index is 0.286. The Labute approximate surface area is 97.9 Å². The van der Waals surface area contributed by atoms with Gasteiger partial charge in [-0.15, -0.1) is 0 Å². The molecule has 0 aromatic heterocycles. The molecule has 1 heterocycles. The van der Waals surface area contributed by atoms with Gasteiger partial charge in [0.2, 0.25) is 0 Å². The fourth-order valence-corrected chi connectivity index (χ4v) is 2.60. The Bertz CT molecular complexity index is 348. The molecular formula is C14H21NO. The molecule has 1 aliphatic rings. The van der Waals surface area contributed by atoms with Crippen molar-refractivity contribution in [2.75, 3.05) is 24.6 Å². The number of para-hydroxylation sites is 1. The van der Waals surface area contributed by atoms with Crippen LogP contribution in [0.25, 0.3) is 0 Å². The molecule has 2 nitrogen and oxygen atoms in total. The van der Waals surface area contributed by atoms with E-state index in [4.69, 9.17) is 5.11 Å². The molecular weight excluding hydrogens is 198 g/mol. The second-order valence-corrected chi connectivity index (χ2v) is 5.07. The highest BCUT2D eigenvalue weighted by molar-refractivity contribution is 5.60. The van der Waals surface area contributed by atoms with Crippen molar-refractivity contribution in [3.63, 3.8) is 0 Å². The molecule has 2 rings (SSSR count).